The molecule has 1 aromatic rings. The third-order valence-electron chi connectivity index (χ3n) is 4.64. The van der Waals surface area contributed by atoms with Crippen molar-refractivity contribution >= 4 is 17.5 Å². The fourth-order valence-electron chi connectivity index (χ4n) is 3.12. The van der Waals surface area contributed by atoms with Crippen molar-refractivity contribution in [1.29, 1.82) is 0 Å². The van der Waals surface area contributed by atoms with Crippen LogP contribution in [-0.2, 0) is 9.59 Å². The minimum atomic E-state index is -4.85. The smallest absolute Gasteiger partial charge is 0.405 e. The van der Waals surface area contributed by atoms with Crippen molar-refractivity contribution in [2.75, 3.05) is 33.7 Å². The maximum Gasteiger partial charge on any atom is 0.573 e. The number of benzene rings is 1. The van der Waals surface area contributed by atoms with Crippen LogP contribution >= 0.6 is 0 Å². The van der Waals surface area contributed by atoms with Crippen LogP contribution in [0.2, 0.25) is 0 Å². The first kappa shape index (κ1) is 35.1. The Hall–Kier alpha value is -2.88. The van der Waals surface area contributed by atoms with Gasteiger partial charge in [-0.15, -0.1) is 13.2 Å². The Morgan fingerprint density at radius 1 is 1.13 bits per heavy atom. The normalized spacial score (nSPS) is 12.8. The summed E-state index contributed by atoms with van der Waals surface area (Å²) in [7, 11) is 3.35. The molecule has 1 heterocycles. The van der Waals surface area contributed by atoms with Gasteiger partial charge < -0.3 is 20.3 Å². The van der Waals surface area contributed by atoms with E-state index in [1.165, 1.54) is 31.7 Å². The molecule has 10 heteroatoms. The molecule has 0 bridgehead atoms. The van der Waals surface area contributed by atoms with Gasteiger partial charge in [0.2, 0.25) is 5.91 Å². The molecule has 0 radical (unpaired) electrons. The van der Waals surface area contributed by atoms with Crippen LogP contribution in [-0.4, -0.2) is 62.5 Å². The average molecular weight is 543 g/mol. The Morgan fingerprint density at radius 3 is 2.24 bits per heavy atom. The van der Waals surface area contributed by atoms with E-state index >= 15 is 0 Å². The molecule has 0 aliphatic carbocycles. The molecule has 1 aromatic carbocycles. The van der Waals surface area contributed by atoms with Crippen molar-refractivity contribution in [2.24, 2.45) is 10.9 Å². The molecule has 1 aliphatic heterocycles. The number of hydrogen-bond donors (Lipinski definition) is 2. The molecule has 216 valence electrons. The zero-order valence-corrected chi connectivity index (χ0v) is 24.1. The molecule has 0 saturated carbocycles. The van der Waals surface area contributed by atoms with E-state index in [0.29, 0.717) is 17.8 Å². The van der Waals surface area contributed by atoms with Crippen molar-refractivity contribution < 1.29 is 27.5 Å². The first-order valence-electron chi connectivity index (χ1n) is 13.1. The summed E-state index contributed by atoms with van der Waals surface area (Å²) in [5.41, 5.74) is 1.26. The van der Waals surface area contributed by atoms with E-state index in [-0.39, 0.29) is 35.9 Å². The van der Waals surface area contributed by atoms with Gasteiger partial charge in [-0.2, -0.15) is 0 Å². The summed E-state index contributed by atoms with van der Waals surface area (Å²) in [5, 5.41) is 4.91. The molecule has 2 N–H and O–H groups in total. The molecular weight excluding hydrogens is 497 g/mol. The number of carbonyl (C=O) groups is 2. The number of alkyl halides is 3. The number of hydrogen-bond acceptors (Lipinski definition) is 5. The standard InChI is InChI=1S/C21H27F3N4O3.C4H10.C3H8/c1-4-5-10-28(3)13-14-11-16(27-19(14)20(30)26-12-18(29)25-2)15-8-6-7-9-17(15)31-21(22,23)24;1-4(2)3;1-3-2/h6-9H,4-5,10-13H2,1-3H3,(H,25,29)(H,26,30);4H,1-3H3;3H2,1-2H3. The van der Waals surface area contributed by atoms with Crippen molar-refractivity contribution in [2.45, 2.75) is 73.6 Å². The van der Waals surface area contributed by atoms with Crippen LogP contribution < -0.4 is 15.4 Å². The molecule has 0 spiro atoms. The van der Waals surface area contributed by atoms with Crippen LogP contribution in [0.4, 0.5) is 13.2 Å². The maximum atomic E-state index is 12.8. The number of nitrogens with zero attached hydrogens (tertiary/aromatic N) is 2. The van der Waals surface area contributed by atoms with Crippen LogP contribution in [0.3, 0.4) is 0 Å². The van der Waals surface area contributed by atoms with Crippen LogP contribution in [0.15, 0.2) is 40.5 Å². The third-order valence-corrected chi connectivity index (χ3v) is 4.64. The van der Waals surface area contributed by atoms with Crippen molar-refractivity contribution in [1.82, 2.24) is 15.5 Å². The Morgan fingerprint density at radius 2 is 1.71 bits per heavy atom. The van der Waals surface area contributed by atoms with Crippen molar-refractivity contribution in [3.05, 3.63) is 41.1 Å². The Bertz CT molecular complexity index is 925. The number of aliphatic imine (C=N–C) groups is 1. The van der Waals surface area contributed by atoms with Crippen LogP contribution in [0.5, 0.6) is 5.75 Å². The Labute approximate surface area is 225 Å². The number of para-hydroxylation sites is 1. The highest BCUT2D eigenvalue weighted by molar-refractivity contribution is 6.11. The second kappa shape index (κ2) is 18.4. The lowest BCUT2D eigenvalue weighted by atomic mass is 10.0. The minimum Gasteiger partial charge on any atom is -0.405 e. The molecule has 38 heavy (non-hydrogen) atoms. The highest BCUT2D eigenvalue weighted by Crippen LogP contribution is 2.32. The molecule has 2 rings (SSSR count). The first-order chi connectivity index (χ1) is 17.8. The van der Waals surface area contributed by atoms with Gasteiger partial charge in [0.1, 0.15) is 11.4 Å². The Kier molecular flexibility index (Phi) is 17.0. The SMILES string of the molecule is CC(C)C.CCC.CCCCN(C)CC1=C(C(=O)NCC(=O)NC)N=C(c2ccccc2OC(F)(F)F)C1. The summed E-state index contributed by atoms with van der Waals surface area (Å²) in [4.78, 5) is 30.5. The lowest BCUT2D eigenvalue weighted by molar-refractivity contribution is -0.274. The number of rotatable bonds is 10. The fraction of sp³-hybridized carbons (Fsp3) is 0.607. The summed E-state index contributed by atoms with van der Waals surface area (Å²) in [6.07, 6.45) is -1.41. The highest BCUT2D eigenvalue weighted by atomic mass is 19.4. The quantitative estimate of drug-likeness (QED) is 0.397. The molecule has 0 aromatic heterocycles. The van der Waals surface area contributed by atoms with E-state index in [0.717, 1.165) is 25.3 Å². The van der Waals surface area contributed by atoms with E-state index in [2.05, 4.69) is 61.9 Å². The number of carbonyl (C=O) groups excluding carboxylic acids is 2. The second-order valence-corrected chi connectivity index (χ2v) is 9.62. The van der Waals surface area contributed by atoms with Gasteiger partial charge in [-0.1, -0.05) is 66.5 Å². The van der Waals surface area contributed by atoms with Gasteiger partial charge in [0, 0.05) is 25.6 Å². The van der Waals surface area contributed by atoms with Crippen LogP contribution in [0, 0.1) is 5.92 Å². The number of likely N-dealkylation sites (N-methyl/N-ethyl adjacent to an activating group) is 2. The van der Waals surface area contributed by atoms with Crippen molar-refractivity contribution in [3.63, 3.8) is 0 Å². The zero-order valence-electron chi connectivity index (χ0n) is 24.1. The molecule has 2 amide bonds. The summed E-state index contributed by atoms with van der Waals surface area (Å²) >= 11 is 0. The molecule has 0 fully saturated rings. The molecular formula is C28H45F3N4O3. The minimum absolute atomic E-state index is 0.115. The first-order valence-corrected chi connectivity index (χ1v) is 13.1. The molecule has 0 saturated heterocycles. The molecule has 1 aliphatic rings. The van der Waals surface area contributed by atoms with Gasteiger partial charge in [-0.3, -0.25) is 9.59 Å². The average Bonchev–Trinajstić information content (AvgIpc) is 3.23. The van der Waals surface area contributed by atoms with Crippen LogP contribution in [0.25, 0.3) is 0 Å². The van der Waals surface area contributed by atoms with Gasteiger partial charge in [0.25, 0.3) is 5.91 Å². The maximum absolute atomic E-state index is 12.8. The summed E-state index contributed by atoms with van der Waals surface area (Å²) in [6, 6.07) is 5.70. The number of nitrogens with one attached hydrogen (secondary N) is 2. The zero-order chi connectivity index (χ0) is 29.3. The monoisotopic (exact) mass is 542 g/mol. The number of unbranched alkanes of at least 4 members (excludes halogenated alkanes) is 1. The van der Waals surface area contributed by atoms with E-state index in [9.17, 15) is 22.8 Å². The van der Waals surface area contributed by atoms with Gasteiger partial charge in [-0.25, -0.2) is 4.99 Å². The largest absolute Gasteiger partial charge is 0.573 e. The molecule has 0 unspecified atom stereocenters. The second-order valence-electron chi connectivity index (χ2n) is 9.62. The van der Waals surface area contributed by atoms with E-state index < -0.39 is 12.3 Å². The van der Waals surface area contributed by atoms with Gasteiger partial charge in [0.05, 0.1) is 12.3 Å². The van der Waals surface area contributed by atoms with Gasteiger partial charge in [0.15, 0.2) is 0 Å². The summed E-state index contributed by atoms with van der Waals surface area (Å²) in [5.74, 6) is -0.465. The summed E-state index contributed by atoms with van der Waals surface area (Å²) in [6.45, 7) is 13.8. The number of ether oxygens (including phenoxy) is 1. The van der Waals surface area contributed by atoms with Crippen molar-refractivity contribution in [3.8, 4) is 5.75 Å². The Balaban J connectivity index is 0.00000175. The van der Waals surface area contributed by atoms with Gasteiger partial charge in [-0.05, 0) is 43.6 Å². The molecule has 0 atom stereocenters. The lowest BCUT2D eigenvalue weighted by Gasteiger charge is -2.18. The predicted molar refractivity (Wildman–Crippen MR) is 147 cm³/mol. The highest BCUT2D eigenvalue weighted by Gasteiger charge is 2.33. The van der Waals surface area contributed by atoms with E-state index in [1.807, 2.05) is 11.9 Å². The fourth-order valence-corrected chi connectivity index (χ4v) is 3.12. The lowest BCUT2D eigenvalue weighted by Crippen LogP contribution is -2.36. The molecule has 7 nitrogen and oxygen atoms in total. The number of amides is 2. The van der Waals surface area contributed by atoms with E-state index in [1.54, 1.807) is 6.07 Å². The topological polar surface area (TPSA) is 83.0 Å². The predicted octanol–water partition coefficient (Wildman–Crippen LogP) is 5.70. The third kappa shape index (κ3) is 14.8. The summed E-state index contributed by atoms with van der Waals surface area (Å²) < 4.78 is 42.6. The number of halogens is 3. The van der Waals surface area contributed by atoms with Gasteiger partial charge >= 0.3 is 6.36 Å². The van der Waals surface area contributed by atoms with Crippen LogP contribution in [0.1, 0.15) is 72.8 Å². The van der Waals surface area contributed by atoms with E-state index in [4.69, 9.17) is 0 Å².